The van der Waals surface area contributed by atoms with Crippen molar-refractivity contribution < 1.29 is 15.0 Å². The Kier molecular flexibility index (Phi) is 1.31. The first-order valence-electron chi connectivity index (χ1n) is 5.04. The highest BCUT2D eigenvalue weighted by Crippen LogP contribution is 2.53. The van der Waals surface area contributed by atoms with Crippen LogP contribution in [0.15, 0.2) is 0 Å². The molecule has 0 spiro atoms. The van der Waals surface area contributed by atoms with Gasteiger partial charge in [0, 0.05) is 11.8 Å². The van der Waals surface area contributed by atoms with Gasteiger partial charge in [0.25, 0.3) is 0 Å². The second kappa shape index (κ2) is 2.15. The fourth-order valence-corrected chi connectivity index (χ4v) is 3.64. The summed E-state index contributed by atoms with van der Waals surface area (Å²) in [7, 11) is 0. The number of rotatable bonds is 0. The molecule has 4 aliphatic rings. The van der Waals surface area contributed by atoms with Crippen molar-refractivity contribution in [2.45, 2.75) is 37.4 Å². The number of hydrogen-bond donors (Lipinski definition) is 2. The predicted molar refractivity (Wildman–Crippen MR) is 44.9 cm³/mol. The van der Waals surface area contributed by atoms with E-state index in [-0.39, 0.29) is 17.8 Å². The van der Waals surface area contributed by atoms with Gasteiger partial charge in [0.1, 0.15) is 5.78 Å². The summed E-state index contributed by atoms with van der Waals surface area (Å²) in [6, 6.07) is 0. The van der Waals surface area contributed by atoms with Crippen LogP contribution in [0, 0.1) is 17.8 Å². The SMILES string of the molecule is O=C1C2CC3CC1CC(O)(C2)C3O. The first-order chi connectivity index (χ1) is 6.10. The molecule has 72 valence electrons. The van der Waals surface area contributed by atoms with Crippen LogP contribution in [0.3, 0.4) is 0 Å². The maximum atomic E-state index is 11.6. The van der Waals surface area contributed by atoms with Gasteiger partial charge in [-0.15, -0.1) is 0 Å². The number of aliphatic hydroxyl groups is 2. The molecule has 4 aliphatic carbocycles. The molecule has 3 atom stereocenters. The van der Waals surface area contributed by atoms with Crippen molar-refractivity contribution in [3.63, 3.8) is 0 Å². The van der Waals surface area contributed by atoms with E-state index in [0.717, 1.165) is 12.8 Å². The van der Waals surface area contributed by atoms with E-state index >= 15 is 0 Å². The van der Waals surface area contributed by atoms with Gasteiger partial charge in [0.05, 0.1) is 11.7 Å². The third kappa shape index (κ3) is 0.842. The zero-order valence-electron chi connectivity index (χ0n) is 7.44. The number of hydrogen-bond acceptors (Lipinski definition) is 3. The summed E-state index contributed by atoms with van der Waals surface area (Å²) in [6.07, 6.45) is 2.03. The molecule has 0 saturated heterocycles. The molecule has 0 radical (unpaired) electrons. The maximum Gasteiger partial charge on any atom is 0.139 e. The molecular formula is C10H14O3. The van der Waals surface area contributed by atoms with E-state index < -0.39 is 11.7 Å². The molecule has 0 heterocycles. The van der Waals surface area contributed by atoms with Gasteiger partial charge in [0.2, 0.25) is 0 Å². The zero-order chi connectivity index (χ0) is 9.22. The highest BCUT2D eigenvalue weighted by molar-refractivity contribution is 5.86. The molecule has 13 heavy (non-hydrogen) atoms. The Balaban J connectivity index is 2.01. The van der Waals surface area contributed by atoms with E-state index in [2.05, 4.69) is 0 Å². The van der Waals surface area contributed by atoms with Crippen LogP contribution in [-0.2, 0) is 4.79 Å². The largest absolute Gasteiger partial charge is 0.390 e. The van der Waals surface area contributed by atoms with E-state index in [1.54, 1.807) is 0 Å². The highest BCUT2D eigenvalue weighted by Gasteiger charge is 2.59. The van der Waals surface area contributed by atoms with E-state index in [4.69, 9.17) is 0 Å². The normalized spacial score (nSPS) is 58.8. The maximum absolute atomic E-state index is 11.6. The third-order valence-corrected chi connectivity index (χ3v) is 4.18. The molecule has 4 saturated carbocycles. The fraction of sp³-hybridized carbons (Fsp3) is 0.900. The van der Waals surface area contributed by atoms with Crippen molar-refractivity contribution in [2.24, 2.45) is 17.8 Å². The number of carbonyl (C=O) groups is 1. The van der Waals surface area contributed by atoms with Crippen molar-refractivity contribution >= 4 is 5.78 Å². The van der Waals surface area contributed by atoms with Crippen LogP contribution in [0.25, 0.3) is 0 Å². The number of Topliss-reactive ketones (excluding diaryl/α,β-unsaturated/α-hetero) is 1. The van der Waals surface area contributed by atoms with Crippen molar-refractivity contribution in [1.29, 1.82) is 0 Å². The smallest absolute Gasteiger partial charge is 0.139 e. The summed E-state index contributed by atoms with van der Waals surface area (Å²) in [5.74, 6) is 0.616. The molecule has 3 nitrogen and oxygen atoms in total. The van der Waals surface area contributed by atoms with Crippen molar-refractivity contribution in [2.75, 3.05) is 0 Å². The van der Waals surface area contributed by atoms with Crippen LogP contribution in [0.1, 0.15) is 25.7 Å². The monoisotopic (exact) mass is 182 g/mol. The molecular weight excluding hydrogens is 168 g/mol. The lowest BCUT2D eigenvalue weighted by molar-refractivity contribution is -0.202. The van der Waals surface area contributed by atoms with Gasteiger partial charge in [-0.25, -0.2) is 0 Å². The Labute approximate surface area is 76.8 Å². The van der Waals surface area contributed by atoms with Crippen LogP contribution in [0.5, 0.6) is 0 Å². The molecule has 0 aromatic carbocycles. The number of carbonyl (C=O) groups excluding carboxylic acids is 1. The Morgan fingerprint density at radius 2 is 1.77 bits per heavy atom. The van der Waals surface area contributed by atoms with E-state index in [1.165, 1.54) is 0 Å². The second-order valence-corrected chi connectivity index (χ2v) is 4.98. The summed E-state index contributed by atoms with van der Waals surface area (Å²) in [5.41, 5.74) is -0.926. The Morgan fingerprint density at radius 3 is 2.23 bits per heavy atom. The van der Waals surface area contributed by atoms with E-state index in [9.17, 15) is 15.0 Å². The average Bonchev–Trinajstić information content (AvgIpc) is 2.05. The Bertz CT molecular complexity index is 255. The molecule has 0 aliphatic heterocycles. The van der Waals surface area contributed by atoms with Gasteiger partial charge in [-0.3, -0.25) is 4.79 Å². The fourth-order valence-electron chi connectivity index (χ4n) is 3.64. The number of aliphatic hydroxyl groups excluding tert-OH is 1. The zero-order valence-corrected chi connectivity index (χ0v) is 7.44. The topological polar surface area (TPSA) is 57.5 Å². The molecule has 4 bridgehead atoms. The van der Waals surface area contributed by atoms with Gasteiger partial charge < -0.3 is 10.2 Å². The van der Waals surface area contributed by atoms with Crippen molar-refractivity contribution in [1.82, 2.24) is 0 Å². The van der Waals surface area contributed by atoms with Crippen LogP contribution in [-0.4, -0.2) is 27.7 Å². The van der Waals surface area contributed by atoms with Crippen LogP contribution in [0.2, 0.25) is 0 Å². The van der Waals surface area contributed by atoms with Gasteiger partial charge in [-0.2, -0.15) is 0 Å². The van der Waals surface area contributed by atoms with Gasteiger partial charge in [0.15, 0.2) is 0 Å². The van der Waals surface area contributed by atoms with Crippen LogP contribution in [0.4, 0.5) is 0 Å². The van der Waals surface area contributed by atoms with Gasteiger partial charge >= 0.3 is 0 Å². The van der Waals surface area contributed by atoms with E-state index in [1.807, 2.05) is 0 Å². The third-order valence-electron chi connectivity index (χ3n) is 4.18. The Morgan fingerprint density at radius 1 is 1.23 bits per heavy atom. The molecule has 3 heteroatoms. The van der Waals surface area contributed by atoms with Crippen molar-refractivity contribution in [3.05, 3.63) is 0 Å². The second-order valence-electron chi connectivity index (χ2n) is 4.98. The van der Waals surface area contributed by atoms with Gasteiger partial charge in [-0.1, -0.05) is 0 Å². The minimum atomic E-state index is -0.926. The predicted octanol–water partition coefficient (Wildman–Crippen LogP) is 0.0973. The molecule has 2 N–H and O–H groups in total. The van der Waals surface area contributed by atoms with Crippen molar-refractivity contribution in [3.8, 4) is 0 Å². The number of ketones is 1. The lowest BCUT2D eigenvalue weighted by Crippen LogP contribution is -2.63. The molecule has 4 fully saturated rings. The standard InChI is InChI=1S/C10H14O3/c11-8-6-1-5-2-7(8)4-10(13,3-6)9(5)12/h5-7,9,12-13H,1-4H2. The molecule has 0 aromatic rings. The first kappa shape index (κ1) is 7.94. The molecule has 3 unspecified atom stereocenters. The lowest BCUT2D eigenvalue weighted by Gasteiger charge is -2.55. The molecule has 0 aromatic heterocycles. The summed E-state index contributed by atoms with van der Waals surface area (Å²) in [6.45, 7) is 0. The first-order valence-corrected chi connectivity index (χ1v) is 5.04. The summed E-state index contributed by atoms with van der Waals surface area (Å²) < 4.78 is 0. The minimum absolute atomic E-state index is 0.0471. The molecule has 0 amide bonds. The highest BCUT2D eigenvalue weighted by atomic mass is 16.3. The Hall–Kier alpha value is -0.410. The van der Waals surface area contributed by atoms with E-state index in [0.29, 0.717) is 18.6 Å². The quantitative estimate of drug-likeness (QED) is 0.558. The summed E-state index contributed by atoms with van der Waals surface area (Å²) in [4.78, 5) is 11.6. The minimum Gasteiger partial charge on any atom is -0.390 e. The summed E-state index contributed by atoms with van der Waals surface area (Å²) in [5, 5.41) is 19.9. The van der Waals surface area contributed by atoms with Crippen LogP contribution >= 0.6 is 0 Å². The van der Waals surface area contributed by atoms with Crippen LogP contribution < -0.4 is 0 Å². The summed E-state index contributed by atoms with van der Waals surface area (Å²) >= 11 is 0. The molecule has 4 rings (SSSR count). The van der Waals surface area contributed by atoms with Gasteiger partial charge in [-0.05, 0) is 31.6 Å². The average molecular weight is 182 g/mol. The lowest BCUT2D eigenvalue weighted by atomic mass is 9.52.